The SMILES string of the molecule is [2H]c1c([2H])c([2H])c(-c2c([2H])c([2H])c([2H])c(-c3c([2H])c([2H])c4sc5c([2H])c([2H])c([2H])c([2H])c5c4c3-n3c4ccccc4c4cc(-n5c6c([2H])c([2H])c([2H])c([2H])c6c6c([2H])c(-n7c8c([2H])c([2H])c([2H])c([2H])c8c8c([2H])c([2H])c([2H])c([2H])c87)c([2H])c([2H])c65)ccc43)c2[2H])c([2H])c1[2H]. The Morgan fingerprint density at radius 2 is 0.953 bits per heavy atom. The lowest BCUT2D eigenvalue weighted by atomic mass is 9.96. The second kappa shape index (κ2) is 13.7. The van der Waals surface area contributed by atoms with Crippen LogP contribution in [0.1, 0.15) is 41.1 Å². The first-order valence-electron chi connectivity index (χ1n) is 34.5. The van der Waals surface area contributed by atoms with Crippen molar-refractivity contribution in [1.29, 1.82) is 0 Å². The Bertz CT molecular complexity index is 5890. The summed E-state index contributed by atoms with van der Waals surface area (Å²) in [7, 11) is 0. The van der Waals surface area contributed by atoms with Crippen LogP contribution in [0.2, 0.25) is 0 Å². The summed E-state index contributed by atoms with van der Waals surface area (Å²) in [5, 5.41) is -1.30. The molecule has 4 aromatic heterocycles. The van der Waals surface area contributed by atoms with Gasteiger partial charge in [0, 0.05) is 69.4 Å². The normalized spacial score (nSPS) is 18.6. The molecule has 0 bridgehead atoms. The summed E-state index contributed by atoms with van der Waals surface area (Å²) in [5.74, 6) is 0. The quantitative estimate of drug-likeness (QED) is 0.164. The first kappa shape index (κ1) is 17.2. The smallest absolute Gasteiger partial charge is 0.0652 e. The van der Waals surface area contributed by atoms with Crippen molar-refractivity contribution in [3.8, 4) is 39.3 Å². The highest BCUT2D eigenvalue weighted by atomic mass is 32.1. The van der Waals surface area contributed by atoms with Crippen LogP contribution < -0.4 is 0 Å². The van der Waals surface area contributed by atoms with E-state index in [1.165, 1.54) is 27.3 Å². The number of benzene rings is 10. The first-order chi connectivity index (χ1) is 44.3. The van der Waals surface area contributed by atoms with Crippen LogP contribution in [0.5, 0.6) is 0 Å². The van der Waals surface area contributed by atoms with Crippen LogP contribution in [-0.2, 0) is 0 Å². The van der Waals surface area contributed by atoms with Gasteiger partial charge in [0.15, 0.2) is 0 Å². The predicted octanol–water partition coefficient (Wildman–Crippen LogP) is 16.7. The maximum absolute atomic E-state index is 10.1. The van der Waals surface area contributed by atoms with Gasteiger partial charge in [-0.1, -0.05) is 145 Å². The van der Waals surface area contributed by atoms with E-state index in [2.05, 4.69) is 0 Å². The molecule has 0 amide bonds. The Kier molecular flexibility index (Phi) is 3.67. The fraction of sp³-hybridized carbons (Fsp3) is 0. The summed E-state index contributed by atoms with van der Waals surface area (Å²) in [6.07, 6.45) is 0. The lowest BCUT2D eigenvalue weighted by Gasteiger charge is -2.17. The molecule has 14 aromatic rings. The molecule has 4 heterocycles. The second-order valence-corrected chi connectivity index (χ2v) is 15.6. The number of para-hydroxylation sites is 4. The zero-order chi connectivity index (χ0) is 68.0. The van der Waals surface area contributed by atoms with Crippen molar-refractivity contribution in [2.75, 3.05) is 0 Å². The van der Waals surface area contributed by atoms with Gasteiger partial charge in [-0.25, -0.2) is 0 Å². The van der Waals surface area contributed by atoms with Gasteiger partial charge in [-0.15, -0.1) is 11.3 Å². The topological polar surface area (TPSA) is 14.8 Å². The van der Waals surface area contributed by atoms with Crippen LogP contribution in [0.25, 0.3) is 125 Å². The summed E-state index contributed by atoms with van der Waals surface area (Å²) >= 11 is 0.748. The Hall–Kier alpha value is -8.18. The molecule has 0 radical (unpaired) electrons. The van der Waals surface area contributed by atoms with Crippen molar-refractivity contribution in [3.05, 3.63) is 224 Å². The van der Waals surface area contributed by atoms with Crippen molar-refractivity contribution in [1.82, 2.24) is 13.7 Å². The van der Waals surface area contributed by atoms with E-state index in [9.17, 15) is 15.1 Å². The fourth-order valence-electron chi connectivity index (χ4n) is 8.67. The number of aromatic nitrogens is 3. The summed E-state index contributed by atoms with van der Waals surface area (Å²) in [4.78, 5) is 0. The largest absolute Gasteiger partial charge is 0.309 e. The third-order valence-electron chi connectivity index (χ3n) is 11.3. The Labute approximate surface area is 414 Å². The molecule has 4 heteroatoms. The third-order valence-corrected chi connectivity index (χ3v) is 12.3. The van der Waals surface area contributed by atoms with Crippen LogP contribution in [0.4, 0.5) is 0 Å². The van der Waals surface area contributed by atoms with E-state index in [1.54, 1.807) is 24.3 Å². The molecule has 64 heavy (non-hydrogen) atoms. The maximum Gasteiger partial charge on any atom is 0.0652 e. The average Bonchev–Trinajstić information content (AvgIpc) is 1.51. The van der Waals surface area contributed by atoms with Crippen molar-refractivity contribution < 1.29 is 41.1 Å². The second-order valence-electron chi connectivity index (χ2n) is 14.6. The predicted molar refractivity (Wildman–Crippen MR) is 273 cm³/mol. The van der Waals surface area contributed by atoms with Crippen molar-refractivity contribution in [3.63, 3.8) is 0 Å². The Morgan fingerprint density at radius 3 is 1.73 bits per heavy atom. The lowest BCUT2D eigenvalue weighted by Crippen LogP contribution is -1.99. The molecular weight excluding hydrogens is 795 g/mol. The summed E-state index contributed by atoms with van der Waals surface area (Å²) < 4.78 is 278. The van der Waals surface area contributed by atoms with Gasteiger partial charge < -0.3 is 13.7 Å². The third kappa shape index (κ3) is 5.09. The number of thiophene rings is 1. The molecule has 0 fully saturated rings. The number of nitrogens with zero attached hydrogens (tertiary/aromatic N) is 3. The molecule has 0 atom stereocenters. The van der Waals surface area contributed by atoms with Gasteiger partial charge in [-0.05, 0) is 95.3 Å². The molecule has 0 saturated carbocycles. The molecule has 0 aliphatic carbocycles. The van der Waals surface area contributed by atoms with Gasteiger partial charge >= 0.3 is 0 Å². The molecule has 0 aliphatic rings. The fourth-order valence-corrected chi connectivity index (χ4v) is 9.64. The van der Waals surface area contributed by atoms with E-state index in [0.29, 0.717) is 5.39 Å². The molecule has 10 aromatic carbocycles. The van der Waals surface area contributed by atoms with Gasteiger partial charge in [-0.3, -0.25) is 0 Å². The van der Waals surface area contributed by atoms with E-state index < -0.39 is 236 Å². The molecule has 0 spiro atoms. The minimum atomic E-state index is -0.929. The van der Waals surface area contributed by atoms with E-state index in [4.69, 9.17) is 26.0 Å². The average molecular weight is 862 g/mol. The molecule has 0 unspecified atom stereocenters. The zero-order valence-corrected chi connectivity index (χ0v) is 33.1. The minimum absolute atomic E-state index is 0.00114. The van der Waals surface area contributed by atoms with Gasteiger partial charge in [0.25, 0.3) is 0 Å². The molecule has 0 saturated heterocycles. The molecule has 0 aliphatic heterocycles. The van der Waals surface area contributed by atoms with Crippen molar-refractivity contribution in [2.45, 2.75) is 0 Å². The van der Waals surface area contributed by atoms with Gasteiger partial charge in [0.2, 0.25) is 0 Å². The highest BCUT2D eigenvalue weighted by Crippen LogP contribution is 2.46. The van der Waals surface area contributed by atoms with Crippen LogP contribution in [-0.4, -0.2) is 13.7 Å². The molecule has 298 valence electrons. The van der Waals surface area contributed by atoms with E-state index in [0.717, 1.165) is 15.9 Å². The highest BCUT2D eigenvalue weighted by molar-refractivity contribution is 7.25. The number of rotatable bonds is 5. The number of hydrogen-bond acceptors (Lipinski definition) is 1. The van der Waals surface area contributed by atoms with Gasteiger partial charge in [0.1, 0.15) is 0 Å². The minimum Gasteiger partial charge on any atom is -0.309 e. The highest BCUT2D eigenvalue weighted by Gasteiger charge is 2.23. The van der Waals surface area contributed by atoms with Crippen molar-refractivity contribution in [2.24, 2.45) is 0 Å². The lowest BCUT2D eigenvalue weighted by molar-refractivity contribution is 1.16. The Morgan fingerprint density at radius 1 is 0.344 bits per heavy atom. The van der Waals surface area contributed by atoms with E-state index in [-0.39, 0.29) is 64.4 Å². The monoisotopic (exact) mass is 861 g/mol. The summed E-state index contributed by atoms with van der Waals surface area (Å²) in [6.45, 7) is 0. The summed E-state index contributed by atoms with van der Waals surface area (Å²) in [5.41, 5.74) is -4.74. The number of fused-ring (bicyclic) bond motifs is 12. The van der Waals surface area contributed by atoms with Crippen LogP contribution in [0, 0.1) is 0 Å². The number of hydrogen-bond donors (Lipinski definition) is 0. The first-order valence-corrected chi connectivity index (χ1v) is 20.3. The Balaban J connectivity index is 1.15. The maximum atomic E-state index is 10.1. The molecule has 3 nitrogen and oxygen atoms in total. The summed E-state index contributed by atoms with van der Waals surface area (Å²) in [6, 6.07) is -12.4. The van der Waals surface area contributed by atoms with Crippen LogP contribution >= 0.6 is 11.3 Å². The van der Waals surface area contributed by atoms with E-state index >= 15 is 0 Å². The standard InChI is InChI=1S/C60H37N3S/c1-2-15-38(16-3-1)39-17-14-18-40(35-39)43-31-34-58-59(48-23-8-13-28-57(48)64-58)60(43)63-54-27-12-7-22-47(54)50-37-42(30-33-56(50)63)62-53-26-11-6-21-46(53)49-36-41(29-32-55(49)62)61-51-24-9-4-19-44(51)45-20-5-10-25-52(45)61/h1-37H/i1D,2D,3D,4D,5D,6D,8D,9D,10D,11D,13D,14D,15D,16D,17D,18D,19D,20D,21D,23D,24D,25D,26D,28D,29D,31D,32D,34D,35D,36D. The van der Waals surface area contributed by atoms with Crippen LogP contribution in [0.15, 0.2) is 224 Å². The van der Waals surface area contributed by atoms with Gasteiger partial charge in [0.05, 0.1) is 79.9 Å². The van der Waals surface area contributed by atoms with Gasteiger partial charge in [-0.2, -0.15) is 0 Å². The van der Waals surface area contributed by atoms with Crippen LogP contribution in [0.3, 0.4) is 0 Å². The van der Waals surface area contributed by atoms with Crippen molar-refractivity contribution >= 4 is 96.9 Å². The van der Waals surface area contributed by atoms with E-state index in [1.807, 2.05) is 0 Å². The molecule has 0 N–H and O–H groups in total. The molecule has 14 rings (SSSR count). The zero-order valence-electron chi connectivity index (χ0n) is 62.3. The molecular formula is C60H37N3S.